The second-order valence-corrected chi connectivity index (χ2v) is 8.76. The van der Waals surface area contributed by atoms with Crippen molar-refractivity contribution in [3.8, 4) is 11.3 Å². The first kappa shape index (κ1) is 21.9. The Balaban J connectivity index is 1.59. The SMILES string of the molecule is Cc1cccc(N2C(=S)N[C@H](c3ccccn3)[C@@H]2c2ccc(-c3ccc(C(=O)O)cc3C)o2)c1. The number of pyridine rings is 1. The molecule has 0 spiro atoms. The molecule has 1 saturated heterocycles. The highest BCUT2D eigenvalue weighted by Gasteiger charge is 2.42. The summed E-state index contributed by atoms with van der Waals surface area (Å²) >= 11 is 5.77. The third-order valence-corrected chi connectivity index (χ3v) is 6.35. The predicted molar refractivity (Wildman–Crippen MR) is 135 cm³/mol. The zero-order valence-electron chi connectivity index (χ0n) is 18.7. The molecule has 4 aromatic rings. The van der Waals surface area contributed by atoms with Crippen LogP contribution in [0.1, 0.15) is 45.0 Å². The highest BCUT2D eigenvalue weighted by atomic mass is 32.1. The van der Waals surface area contributed by atoms with E-state index in [0.29, 0.717) is 10.9 Å². The summed E-state index contributed by atoms with van der Waals surface area (Å²) in [6, 6.07) is 22.5. The number of hydrogen-bond acceptors (Lipinski definition) is 4. The van der Waals surface area contributed by atoms with Crippen molar-refractivity contribution in [2.75, 3.05) is 4.90 Å². The Morgan fingerprint density at radius 2 is 1.91 bits per heavy atom. The third kappa shape index (κ3) is 3.95. The Kier molecular flexibility index (Phi) is 5.63. The molecule has 2 atom stereocenters. The molecule has 0 unspecified atom stereocenters. The summed E-state index contributed by atoms with van der Waals surface area (Å²) in [6.45, 7) is 3.93. The van der Waals surface area contributed by atoms with E-state index in [1.807, 2.05) is 49.4 Å². The van der Waals surface area contributed by atoms with Gasteiger partial charge in [0.1, 0.15) is 17.6 Å². The van der Waals surface area contributed by atoms with Gasteiger partial charge in [-0.05, 0) is 85.7 Å². The summed E-state index contributed by atoms with van der Waals surface area (Å²) in [5.41, 5.74) is 4.90. The second-order valence-electron chi connectivity index (χ2n) is 8.37. The highest BCUT2D eigenvalue weighted by Crippen LogP contribution is 2.43. The first-order valence-corrected chi connectivity index (χ1v) is 11.3. The van der Waals surface area contributed by atoms with Gasteiger partial charge in [0.2, 0.25) is 0 Å². The van der Waals surface area contributed by atoms with Gasteiger partial charge in [0.25, 0.3) is 0 Å². The summed E-state index contributed by atoms with van der Waals surface area (Å²) in [6.07, 6.45) is 1.77. The number of aromatic nitrogens is 1. The number of anilines is 1. The van der Waals surface area contributed by atoms with Crippen LogP contribution < -0.4 is 10.2 Å². The van der Waals surface area contributed by atoms with Crippen LogP contribution in [0.15, 0.2) is 83.4 Å². The minimum absolute atomic E-state index is 0.205. The van der Waals surface area contributed by atoms with Crippen molar-refractivity contribution in [3.63, 3.8) is 0 Å². The fourth-order valence-corrected chi connectivity index (χ4v) is 4.78. The van der Waals surface area contributed by atoms with Gasteiger partial charge in [0.05, 0.1) is 17.3 Å². The van der Waals surface area contributed by atoms with E-state index in [9.17, 15) is 9.90 Å². The van der Waals surface area contributed by atoms with Crippen LogP contribution in [0.25, 0.3) is 11.3 Å². The number of hydrogen-bond donors (Lipinski definition) is 2. The van der Waals surface area contributed by atoms with Crippen molar-refractivity contribution < 1.29 is 14.3 Å². The standard InChI is InChI=1S/C27H23N3O3S/c1-16-6-5-7-19(14-16)30-25(24(29-27(30)34)21-8-3-4-13-28-21)23-12-11-22(33-23)20-10-9-18(26(31)32)15-17(20)2/h3-15,24-25H,1-2H3,(H,29,34)(H,31,32)/t24-,25+/m1/s1. The van der Waals surface area contributed by atoms with E-state index >= 15 is 0 Å². The smallest absolute Gasteiger partial charge is 0.335 e. The van der Waals surface area contributed by atoms with Gasteiger partial charge in [0, 0.05) is 17.4 Å². The maximum atomic E-state index is 11.3. The van der Waals surface area contributed by atoms with E-state index in [0.717, 1.165) is 33.8 Å². The van der Waals surface area contributed by atoms with Crippen LogP contribution >= 0.6 is 12.2 Å². The summed E-state index contributed by atoms with van der Waals surface area (Å²) in [5.74, 6) is 0.458. The molecular formula is C27H23N3O3S. The quantitative estimate of drug-likeness (QED) is 0.356. The molecule has 0 bridgehead atoms. The molecule has 5 rings (SSSR count). The van der Waals surface area contributed by atoms with Gasteiger partial charge in [-0.2, -0.15) is 0 Å². The van der Waals surface area contributed by atoms with E-state index in [1.54, 1.807) is 24.4 Å². The van der Waals surface area contributed by atoms with Crippen molar-refractivity contribution in [2.24, 2.45) is 0 Å². The Bertz CT molecular complexity index is 1380. The van der Waals surface area contributed by atoms with Crippen LogP contribution in [0.2, 0.25) is 0 Å². The van der Waals surface area contributed by atoms with Crippen molar-refractivity contribution in [2.45, 2.75) is 25.9 Å². The van der Waals surface area contributed by atoms with Crippen molar-refractivity contribution in [3.05, 3.63) is 107 Å². The van der Waals surface area contributed by atoms with E-state index < -0.39 is 5.97 Å². The largest absolute Gasteiger partial charge is 0.478 e. The van der Waals surface area contributed by atoms with Crippen LogP contribution in [0.5, 0.6) is 0 Å². The first-order chi connectivity index (χ1) is 16.4. The number of furan rings is 1. The average molecular weight is 470 g/mol. The zero-order valence-corrected chi connectivity index (χ0v) is 19.5. The summed E-state index contributed by atoms with van der Waals surface area (Å²) in [7, 11) is 0. The van der Waals surface area contributed by atoms with Gasteiger partial charge in [0.15, 0.2) is 5.11 Å². The second kappa shape index (κ2) is 8.76. The highest BCUT2D eigenvalue weighted by molar-refractivity contribution is 7.80. The lowest BCUT2D eigenvalue weighted by molar-refractivity contribution is 0.0697. The Hall–Kier alpha value is -3.97. The molecule has 0 amide bonds. The average Bonchev–Trinajstić information content (AvgIpc) is 3.44. The van der Waals surface area contributed by atoms with Gasteiger partial charge in [-0.3, -0.25) is 4.98 Å². The molecule has 0 aliphatic carbocycles. The van der Waals surface area contributed by atoms with Crippen LogP contribution in [0, 0.1) is 13.8 Å². The topological polar surface area (TPSA) is 78.6 Å². The third-order valence-electron chi connectivity index (χ3n) is 6.04. The molecule has 7 heteroatoms. The lowest BCUT2D eigenvalue weighted by Gasteiger charge is -2.26. The fraction of sp³-hybridized carbons (Fsp3) is 0.148. The molecule has 1 fully saturated rings. The van der Waals surface area contributed by atoms with E-state index in [2.05, 4.69) is 34.3 Å². The van der Waals surface area contributed by atoms with Gasteiger partial charge in [-0.15, -0.1) is 0 Å². The summed E-state index contributed by atoms with van der Waals surface area (Å²) in [4.78, 5) is 18.0. The van der Waals surface area contributed by atoms with Gasteiger partial charge < -0.3 is 19.7 Å². The van der Waals surface area contributed by atoms with Crippen LogP contribution in [0.3, 0.4) is 0 Å². The van der Waals surface area contributed by atoms with E-state index in [1.165, 1.54) is 0 Å². The molecule has 0 saturated carbocycles. The number of rotatable bonds is 5. The Morgan fingerprint density at radius 3 is 2.62 bits per heavy atom. The van der Waals surface area contributed by atoms with E-state index in [4.69, 9.17) is 16.6 Å². The van der Waals surface area contributed by atoms with Crippen LogP contribution in [-0.2, 0) is 0 Å². The molecule has 2 aromatic carbocycles. The maximum Gasteiger partial charge on any atom is 0.335 e. The van der Waals surface area contributed by atoms with Crippen molar-refractivity contribution in [1.82, 2.24) is 10.3 Å². The monoisotopic (exact) mass is 469 g/mol. The van der Waals surface area contributed by atoms with Crippen LogP contribution in [0.4, 0.5) is 5.69 Å². The molecule has 170 valence electrons. The molecule has 34 heavy (non-hydrogen) atoms. The molecule has 1 aliphatic rings. The number of nitrogens with one attached hydrogen (secondary N) is 1. The lowest BCUT2D eigenvalue weighted by atomic mass is 10.0. The number of thiocarbonyl (C=S) groups is 1. The number of carboxylic acids is 1. The number of carboxylic acid groups (broad SMARTS) is 1. The Morgan fingerprint density at radius 1 is 1.06 bits per heavy atom. The minimum Gasteiger partial charge on any atom is -0.478 e. The Labute approximate surface area is 202 Å². The molecule has 1 aliphatic heterocycles. The molecular weight excluding hydrogens is 446 g/mol. The molecule has 0 radical (unpaired) electrons. The van der Waals surface area contributed by atoms with E-state index in [-0.39, 0.29) is 17.6 Å². The zero-order chi connectivity index (χ0) is 23.8. The normalized spacial score (nSPS) is 17.6. The maximum absolute atomic E-state index is 11.3. The summed E-state index contributed by atoms with van der Waals surface area (Å²) in [5, 5.41) is 13.3. The number of aromatic carboxylic acids is 1. The van der Waals surface area contributed by atoms with Gasteiger partial charge in [-0.25, -0.2) is 4.79 Å². The number of aryl methyl sites for hydroxylation is 2. The molecule has 3 heterocycles. The van der Waals surface area contributed by atoms with Gasteiger partial charge >= 0.3 is 5.97 Å². The van der Waals surface area contributed by atoms with Crippen molar-refractivity contribution in [1.29, 1.82) is 0 Å². The number of nitrogens with zero attached hydrogens (tertiary/aromatic N) is 2. The van der Waals surface area contributed by atoms with Gasteiger partial charge in [-0.1, -0.05) is 24.3 Å². The summed E-state index contributed by atoms with van der Waals surface area (Å²) < 4.78 is 6.40. The molecule has 2 aromatic heterocycles. The van der Waals surface area contributed by atoms with Crippen LogP contribution in [-0.4, -0.2) is 21.2 Å². The fourth-order valence-electron chi connectivity index (χ4n) is 4.43. The minimum atomic E-state index is -0.952. The number of benzene rings is 2. The lowest BCUT2D eigenvalue weighted by Crippen LogP contribution is -2.29. The first-order valence-electron chi connectivity index (χ1n) is 10.9. The van der Waals surface area contributed by atoms with Crippen molar-refractivity contribution >= 4 is 29.0 Å². The number of carbonyl (C=O) groups is 1. The molecule has 6 nitrogen and oxygen atoms in total. The molecule has 2 N–H and O–H groups in total. The predicted octanol–water partition coefficient (Wildman–Crippen LogP) is 5.83.